The zero-order chi connectivity index (χ0) is 20.4. The number of para-hydroxylation sites is 1. The number of aromatic nitrogens is 2. The minimum Gasteiger partial charge on any atom is -0.471 e. The molecule has 0 fully saturated rings. The highest BCUT2D eigenvalue weighted by molar-refractivity contribution is 6.02. The Morgan fingerprint density at radius 2 is 1.61 bits per heavy atom. The van der Waals surface area contributed by atoms with E-state index in [0.29, 0.717) is 5.75 Å². The zero-order valence-electron chi connectivity index (χ0n) is 14.3. The summed E-state index contributed by atoms with van der Waals surface area (Å²) in [4.78, 5) is 12.1. The minimum absolute atomic E-state index is 0.0688. The molecule has 5 nitrogen and oxygen atoms in total. The smallest absolute Gasteiger partial charge is 0.276 e. The summed E-state index contributed by atoms with van der Waals surface area (Å²) in [5, 5.41) is 5.49. The lowest BCUT2D eigenvalue weighted by Crippen LogP contribution is -2.18. The predicted molar refractivity (Wildman–Crippen MR) is 88.2 cm³/mol. The molecule has 2 aromatic carbocycles. The summed E-state index contributed by atoms with van der Waals surface area (Å²) in [5.74, 6) is -11.5. The Morgan fingerprint density at radius 1 is 1.00 bits per heavy atom. The van der Waals surface area contributed by atoms with Crippen molar-refractivity contribution in [1.82, 2.24) is 9.78 Å². The normalized spacial score (nSPS) is 10.8. The predicted octanol–water partition coefficient (Wildman–Crippen LogP) is 4.18. The number of nitrogens with one attached hydrogen (secondary N) is 1. The molecule has 0 saturated heterocycles. The first-order valence-electron chi connectivity index (χ1n) is 7.84. The Labute approximate surface area is 155 Å². The number of hydrogen-bond acceptors (Lipinski definition) is 3. The zero-order valence-corrected chi connectivity index (χ0v) is 14.3. The molecule has 0 aliphatic rings. The van der Waals surface area contributed by atoms with Gasteiger partial charge in [-0.2, -0.15) is 5.10 Å². The van der Waals surface area contributed by atoms with E-state index in [1.54, 1.807) is 17.4 Å². The van der Waals surface area contributed by atoms with Gasteiger partial charge in [0.05, 0.1) is 0 Å². The van der Waals surface area contributed by atoms with E-state index in [4.69, 9.17) is 4.74 Å². The van der Waals surface area contributed by atoms with Gasteiger partial charge >= 0.3 is 0 Å². The summed E-state index contributed by atoms with van der Waals surface area (Å²) in [6.45, 7) is 1.77. The van der Waals surface area contributed by atoms with E-state index in [1.807, 2.05) is 19.1 Å². The van der Waals surface area contributed by atoms with Gasteiger partial charge in [0.2, 0.25) is 5.82 Å². The first kappa shape index (κ1) is 19.3. The second-order valence-electron chi connectivity index (χ2n) is 5.68. The van der Waals surface area contributed by atoms with Crippen molar-refractivity contribution in [2.24, 2.45) is 0 Å². The number of amides is 1. The molecule has 0 aliphatic heterocycles. The van der Waals surface area contributed by atoms with E-state index in [1.165, 1.54) is 16.9 Å². The van der Waals surface area contributed by atoms with Crippen molar-refractivity contribution in [2.45, 2.75) is 13.7 Å². The van der Waals surface area contributed by atoms with Crippen molar-refractivity contribution in [2.75, 3.05) is 5.32 Å². The number of benzene rings is 2. The van der Waals surface area contributed by atoms with Crippen LogP contribution in [0.15, 0.2) is 36.5 Å². The van der Waals surface area contributed by atoms with Crippen molar-refractivity contribution in [3.8, 4) is 5.75 Å². The molecule has 0 aliphatic carbocycles. The molecular formula is C18H12F5N3O2. The van der Waals surface area contributed by atoms with Crippen LogP contribution in [0.2, 0.25) is 0 Å². The van der Waals surface area contributed by atoms with Crippen LogP contribution in [0.1, 0.15) is 16.1 Å². The van der Waals surface area contributed by atoms with Gasteiger partial charge in [0.15, 0.2) is 35.7 Å². The number of halogens is 5. The summed E-state index contributed by atoms with van der Waals surface area (Å²) in [7, 11) is 0. The molecule has 28 heavy (non-hydrogen) atoms. The molecule has 1 heterocycles. The number of hydrogen-bond donors (Lipinski definition) is 1. The molecule has 0 spiro atoms. The first-order chi connectivity index (χ1) is 13.3. The lowest BCUT2D eigenvalue weighted by Gasteiger charge is -2.09. The van der Waals surface area contributed by atoms with Crippen LogP contribution in [0, 0.1) is 36.0 Å². The van der Waals surface area contributed by atoms with Crippen LogP contribution in [0.5, 0.6) is 5.75 Å². The quantitative estimate of drug-likeness (QED) is 0.399. The van der Waals surface area contributed by atoms with Gasteiger partial charge in [-0.1, -0.05) is 18.2 Å². The molecule has 146 valence electrons. The standard InChI is InChI=1S/C18H12F5N3O2/c1-9-4-2-3-5-11(9)28-8-26-7-6-10(25-26)18(27)24-17-15(22)13(20)12(19)14(21)16(17)23/h2-7H,8H2,1H3,(H,24,27). The molecule has 1 N–H and O–H groups in total. The minimum atomic E-state index is -2.31. The average molecular weight is 397 g/mol. The van der Waals surface area contributed by atoms with E-state index >= 15 is 0 Å². The number of ether oxygens (including phenoxy) is 1. The molecule has 3 aromatic rings. The Hall–Kier alpha value is -3.43. The summed E-state index contributed by atoms with van der Waals surface area (Å²) in [6, 6.07) is 8.37. The summed E-state index contributed by atoms with van der Waals surface area (Å²) in [5.41, 5.74) is -0.886. The Bertz CT molecular complexity index is 1020. The summed E-state index contributed by atoms with van der Waals surface area (Å²) in [6.07, 6.45) is 1.35. The van der Waals surface area contributed by atoms with Gasteiger partial charge in [0, 0.05) is 6.20 Å². The fraction of sp³-hybridized carbons (Fsp3) is 0.111. The van der Waals surface area contributed by atoms with Gasteiger partial charge in [0.25, 0.3) is 5.91 Å². The van der Waals surface area contributed by atoms with Gasteiger partial charge < -0.3 is 10.1 Å². The van der Waals surface area contributed by atoms with Gasteiger partial charge in [-0.05, 0) is 24.6 Å². The van der Waals surface area contributed by atoms with E-state index in [2.05, 4.69) is 5.10 Å². The molecule has 0 atom stereocenters. The van der Waals surface area contributed by atoms with Crippen molar-refractivity contribution >= 4 is 11.6 Å². The lowest BCUT2D eigenvalue weighted by molar-refractivity contribution is 0.101. The van der Waals surface area contributed by atoms with Crippen molar-refractivity contribution < 1.29 is 31.5 Å². The van der Waals surface area contributed by atoms with Crippen molar-refractivity contribution in [3.05, 3.63) is 76.9 Å². The van der Waals surface area contributed by atoms with Crippen LogP contribution in [0.25, 0.3) is 0 Å². The Morgan fingerprint density at radius 3 is 2.25 bits per heavy atom. The molecule has 1 amide bonds. The fourth-order valence-electron chi connectivity index (χ4n) is 2.30. The Kier molecular flexibility index (Phi) is 5.30. The molecule has 0 radical (unpaired) electrons. The SMILES string of the molecule is Cc1ccccc1OCn1ccc(C(=O)Nc2c(F)c(F)c(F)c(F)c2F)n1. The monoisotopic (exact) mass is 397 g/mol. The first-order valence-corrected chi connectivity index (χ1v) is 7.84. The van der Waals surface area contributed by atoms with Crippen LogP contribution in [0.4, 0.5) is 27.6 Å². The van der Waals surface area contributed by atoms with Crippen LogP contribution < -0.4 is 10.1 Å². The number of carbonyl (C=O) groups is 1. The van der Waals surface area contributed by atoms with Gasteiger partial charge in [-0.15, -0.1) is 0 Å². The maximum Gasteiger partial charge on any atom is 0.276 e. The lowest BCUT2D eigenvalue weighted by atomic mass is 10.2. The number of anilines is 1. The van der Waals surface area contributed by atoms with E-state index in [0.717, 1.165) is 5.56 Å². The molecular weight excluding hydrogens is 385 g/mol. The number of carbonyl (C=O) groups excluding carboxylic acids is 1. The second-order valence-corrected chi connectivity index (χ2v) is 5.68. The molecule has 3 rings (SSSR count). The second kappa shape index (κ2) is 7.67. The highest BCUT2D eigenvalue weighted by Gasteiger charge is 2.27. The Balaban J connectivity index is 1.74. The van der Waals surface area contributed by atoms with Gasteiger partial charge in [-0.25, -0.2) is 26.6 Å². The summed E-state index contributed by atoms with van der Waals surface area (Å²) >= 11 is 0. The third-order valence-electron chi connectivity index (χ3n) is 3.77. The topological polar surface area (TPSA) is 56.1 Å². The third kappa shape index (κ3) is 3.66. The molecule has 10 heteroatoms. The van der Waals surface area contributed by atoms with Crippen LogP contribution >= 0.6 is 0 Å². The highest BCUT2D eigenvalue weighted by Crippen LogP contribution is 2.27. The van der Waals surface area contributed by atoms with Crippen molar-refractivity contribution in [1.29, 1.82) is 0 Å². The highest BCUT2D eigenvalue weighted by atomic mass is 19.2. The number of nitrogens with zero attached hydrogens (tertiary/aromatic N) is 2. The largest absolute Gasteiger partial charge is 0.471 e. The van der Waals surface area contributed by atoms with Gasteiger partial charge in [-0.3, -0.25) is 4.79 Å². The molecule has 0 saturated carbocycles. The van der Waals surface area contributed by atoms with Crippen molar-refractivity contribution in [3.63, 3.8) is 0 Å². The summed E-state index contributed by atoms with van der Waals surface area (Å²) < 4.78 is 73.5. The maximum atomic E-state index is 13.6. The van der Waals surface area contributed by atoms with Gasteiger partial charge in [0.1, 0.15) is 11.4 Å². The number of rotatable bonds is 5. The van der Waals surface area contributed by atoms with E-state index in [-0.39, 0.29) is 12.4 Å². The molecule has 0 bridgehead atoms. The fourth-order valence-corrected chi connectivity index (χ4v) is 2.30. The van der Waals surface area contributed by atoms with E-state index in [9.17, 15) is 26.7 Å². The molecule has 0 unspecified atom stereocenters. The average Bonchev–Trinajstić information content (AvgIpc) is 3.16. The van der Waals surface area contributed by atoms with E-state index < -0.39 is 40.7 Å². The number of aryl methyl sites for hydroxylation is 1. The third-order valence-corrected chi connectivity index (χ3v) is 3.77. The maximum absolute atomic E-state index is 13.6. The molecule has 1 aromatic heterocycles. The van der Waals surface area contributed by atoms with Crippen LogP contribution in [0.3, 0.4) is 0 Å². The van der Waals surface area contributed by atoms with Crippen LogP contribution in [-0.2, 0) is 6.73 Å². The van der Waals surface area contributed by atoms with Crippen LogP contribution in [-0.4, -0.2) is 15.7 Å².